The first-order valence-corrected chi connectivity index (χ1v) is 8.85. The van der Waals surface area contributed by atoms with Gasteiger partial charge < -0.3 is 9.84 Å². The average Bonchev–Trinajstić information content (AvgIpc) is 3.09. The first kappa shape index (κ1) is 18.1. The van der Waals surface area contributed by atoms with Crippen LogP contribution < -0.4 is 4.74 Å². The van der Waals surface area contributed by atoms with Crippen LogP contribution in [-0.2, 0) is 4.79 Å². The second kappa shape index (κ2) is 7.65. The Kier molecular flexibility index (Phi) is 5.52. The standard InChI is InChI=1S/C19H19Cl2NO3/c1-25-13-6-2-5-12(11-13)18(14-7-3-8-15(20)17(14)21)22-10-4-9-16(22)19(23)24/h2-3,5-8,11,16,18H,4,9-10H2,1H3,(H,23,24). The van der Waals surface area contributed by atoms with E-state index in [1.807, 2.05) is 41.3 Å². The number of rotatable bonds is 5. The molecule has 4 nitrogen and oxygen atoms in total. The molecule has 0 spiro atoms. The molecule has 1 saturated heterocycles. The van der Waals surface area contributed by atoms with Gasteiger partial charge in [-0.25, -0.2) is 0 Å². The van der Waals surface area contributed by atoms with E-state index in [0.29, 0.717) is 28.8 Å². The summed E-state index contributed by atoms with van der Waals surface area (Å²) < 4.78 is 5.34. The van der Waals surface area contributed by atoms with Crippen molar-refractivity contribution < 1.29 is 14.6 Å². The molecule has 1 aliphatic rings. The lowest BCUT2D eigenvalue weighted by atomic mass is 9.96. The van der Waals surface area contributed by atoms with Gasteiger partial charge in [-0.1, -0.05) is 47.5 Å². The molecule has 2 atom stereocenters. The Morgan fingerprint density at radius 1 is 1.28 bits per heavy atom. The maximum atomic E-state index is 11.7. The third-order valence-corrected chi connectivity index (χ3v) is 5.43. The number of carboxylic acids is 1. The molecule has 0 amide bonds. The van der Waals surface area contributed by atoms with Gasteiger partial charge in [0.2, 0.25) is 0 Å². The first-order chi connectivity index (χ1) is 12.0. The molecule has 1 N–H and O–H groups in total. The predicted molar refractivity (Wildman–Crippen MR) is 98.7 cm³/mol. The van der Waals surface area contributed by atoms with Crippen LogP contribution in [0.1, 0.15) is 30.0 Å². The predicted octanol–water partition coefficient (Wildman–Crippen LogP) is 4.64. The topological polar surface area (TPSA) is 49.8 Å². The molecule has 3 rings (SSSR count). The lowest BCUT2D eigenvalue weighted by Crippen LogP contribution is -2.39. The van der Waals surface area contributed by atoms with Crippen molar-refractivity contribution in [2.24, 2.45) is 0 Å². The third-order valence-electron chi connectivity index (χ3n) is 4.60. The Hall–Kier alpha value is -1.75. The highest BCUT2D eigenvalue weighted by Crippen LogP contribution is 2.40. The minimum atomic E-state index is -0.816. The van der Waals surface area contributed by atoms with Gasteiger partial charge in [0.05, 0.1) is 23.2 Å². The van der Waals surface area contributed by atoms with Crippen LogP contribution >= 0.6 is 23.2 Å². The summed E-state index contributed by atoms with van der Waals surface area (Å²) in [6.45, 7) is 0.682. The van der Waals surface area contributed by atoms with Crippen LogP contribution in [0, 0.1) is 0 Å². The molecule has 25 heavy (non-hydrogen) atoms. The van der Waals surface area contributed by atoms with Crippen LogP contribution in [0.3, 0.4) is 0 Å². The molecule has 0 aliphatic carbocycles. The van der Waals surface area contributed by atoms with E-state index in [-0.39, 0.29) is 6.04 Å². The van der Waals surface area contributed by atoms with Gasteiger partial charge in [0.15, 0.2) is 0 Å². The average molecular weight is 380 g/mol. The summed E-state index contributed by atoms with van der Waals surface area (Å²) in [7, 11) is 1.61. The smallest absolute Gasteiger partial charge is 0.320 e. The van der Waals surface area contributed by atoms with Crippen molar-refractivity contribution in [1.82, 2.24) is 4.90 Å². The zero-order valence-corrected chi connectivity index (χ0v) is 15.3. The molecule has 1 aliphatic heterocycles. The van der Waals surface area contributed by atoms with Gasteiger partial charge in [0, 0.05) is 6.54 Å². The largest absolute Gasteiger partial charge is 0.497 e. The summed E-state index contributed by atoms with van der Waals surface area (Å²) in [6, 6.07) is 12.2. The lowest BCUT2D eigenvalue weighted by molar-refractivity contribution is -0.142. The minimum absolute atomic E-state index is 0.301. The van der Waals surface area contributed by atoms with Crippen molar-refractivity contribution in [2.45, 2.75) is 24.9 Å². The Labute approximate surface area is 156 Å². The van der Waals surface area contributed by atoms with E-state index in [1.54, 1.807) is 13.2 Å². The van der Waals surface area contributed by atoms with E-state index in [0.717, 1.165) is 17.5 Å². The maximum absolute atomic E-state index is 11.7. The third kappa shape index (κ3) is 3.61. The molecule has 1 heterocycles. The van der Waals surface area contributed by atoms with E-state index in [9.17, 15) is 9.90 Å². The van der Waals surface area contributed by atoms with E-state index in [4.69, 9.17) is 27.9 Å². The van der Waals surface area contributed by atoms with E-state index >= 15 is 0 Å². The lowest BCUT2D eigenvalue weighted by Gasteiger charge is -2.32. The second-order valence-electron chi connectivity index (χ2n) is 6.06. The van der Waals surface area contributed by atoms with Crippen LogP contribution in [0.5, 0.6) is 5.75 Å². The van der Waals surface area contributed by atoms with Crippen LogP contribution in [0.15, 0.2) is 42.5 Å². The fraction of sp³-hybridized carbons (Fsp3) is 0.316. The summed E-state index contributed by atoms with van der Waals surface area (Å²) in [5, 5.41) is 10.5. The van der Waals surface area contributed by atoms with Crippen molar-refractivity contribution in [3.8, 4) is 5.75 Å². The molecular weight excluding hydrogens is 361 g/mol. The van der Waals surface area contributed by atoms with Gasteiger partial charge in [-0.2, -0.15) is 0 Å². The number of ether oxygens (including phenoxy) is 1. The molecule has 0 saturated carbocycles. The van der Waals surface area contributed by atoms with Gasteiger partial charge in [-0.15, -0.1) is 0 Å². The fourth-order valence-electron chi connectivity index (χ4n) is 3.46. The number of carboxylic acid groups (broad SMARTS) is 1. The number of halogens is 2. The van der Waals surface area contributed by atoms with E-state index in [1.165, 1.54) is 0 Å². The monoisotopic (exact) mass is 379 g/mol. The van der Waals surface area contributed by atoms with Crippen LogP contribution in [0.2, 0.25) is 10.0 Å². The van der Waals surface area contributed by atoms with E-state index < -0.39 is 12.0 Å². The number of nitrogens with zero attached hydrogens (tertiary/aromatic N) is 1. The summed E-state index contributed by atoms with van der Waals surface area (Å²) in [4.78, 5) is 13.7. The Morgan fingerprint density at radius 3 is 2.76 bits per heavy atom. The number of methoxy groups -OCH3 is 1. The van der Waals surface area contributed by atoms with Crippen molar-refractivity contribution in [3.05, 3.63) is 63.6 Å². The molecular formula is C19H19Cl2NO3. The van der Waals surface area contributed by atoms with Gasteiger partial charge in [0.25, 0.3) is 0 Å². The van der Waals surface area contributed by atoms with Crippen LogP contribution in [-0.4, -0.2) is 35.7 Å². The Morgan fingerprint density at radius 2 is 2.04 bits per heavy atom. The van der Waals surface area contributed by atoms with Crippen molar-refractivity contribution >= 4 is 29.2 Å². The van der Waals surface area contributed by atoms with E-state index in [2.05, 4.69) is 0 Å². The number of aliphatic carboxylic acids is 1. The Bertz CT molecular complexity index is 781. The fourth-order valence-corrected chi connectivity index (χ4v) is 3.87. The number of carbonyl (C=O) groups is 1. The molecule has 1 fully saturated rings. The number of benzene rings is 2. The normalized spacial score (nSPS) is 18.9. The van der Waals surface area contributed by atoms with Gasteiger partial charge >= 0.3 is 5.97 Å². The quantitative estimate of drug-likeness (QED) is 0.821. The van der Waals surface area contributed by atoms with Crippen molar-refractivity contribution in [1.29, 1.82) is 0 Å². The summed E-state index contributed by atoms with van der Waals surface area (Å²) in [5.41, 5.74) is 1.73. The SMILES string of the molecule is COc1cccc(C(c2cccc(Cl)c2Cl)N2CCCC2C(=O)O)c1. The van der Waals surface area contributed by atoms with Gasteiger partial charge in [0.1, 0.15) is 11.8 Å². The molecule has 0 aromatic heterocycles. The molecule has 0 bridgehead atoms. The van der Waals surface area contributed by atoms with Crippen LogP contribution in [0.25, 0.3) is 0 Å². The van der Waals surface area contributed by atoms with Gasteiger partial charge in [-0.3, -0.25) is 9.69 Å². The minimum Gasteiger partial charge on any atom is -0.497 e. The number of hydrogen-bond donors (Lipinski definition) is 1. The highest BCUT2D eigenvalue weighted by atomic mass is 35.5. The Balaban J connectivity index is 2.14. The zero-order valence-electron chi connectivity index (χ0n) is 13.8. The summed E-state index contributed by atoms with van der Waals surface area (Å²) >= 11 is 12.7. The number of likely N-dealkylation sites (tertiary alicyclic amines) is 1. The van der Waals surface area contributed by atoms with Crippen molar-refractivity contribution in [3.63, 3.8) is 0 Å². The molecule has 6 heteroatoms. The molecule has 132 valence electrons. The highest BCUT2D eigenvalue weighted by molar-refractivity contribution is 6.42. The van der Waals surface area contributed by atoms with Crippen LogP contribution in [0.4, 0.5) is 0 Å². The molecule has 2 aromatic carbocycles. The first-order valence-electron chi connectivity index (χ1n) is 8.09. The second-order valence-corrected chi connectivity index (χ2v) is 6.84. The number of hydrogen-bond acceptors (Lipinski definition) is 3. The van der Waals surface area contributed by atoms with Crippen molar-refractivity contribution in [2.75, 3.05) is 13.7 Å². The molecule has 2 unspecified atom stereocenters. The molecule has 2 aromatic rings. The highest BCUT2D eigenvalue weighted by Gasteiger charge is 2.37. The summed E-state index contributed by atoms with van der Waals surface area (Å²) in [5.74, 6) is -0.102. The maximum Gasteiger partial charge on any atom is 0.320 e. The zero-order chi connectivity index (χ0) is 18.0. The summed E-state index contributed by atoms with van der Waals surface area (Å²) in [6.07, 6.45) is 1.45. The molecule has 0 radical (unpaired) electrons. The van der Waals surface area contributed by atoms with Gasteiger partial charge in [-0.05, 0) is 42.2 Å².